The van der Waals surface area contributed by atoms with E-state index in [4.69, 9.17) is 4.74 Å². The summed E-state index contributed by atoms with van der Waals surface area (Å²) in [6.45, 7) is 4.71. The number of aryl methyl sites for hydroxylation is 1. The second-order valence-electron chi connectivity index (χ2n) is 7.60. The number of likely N-dealkylation sites (N-methyl/N-ethyl adjacent to an activating group) is 1. The fourth-order valence-electron chi connectivity index (χ4n) is 4.35. The number of hydrogen-bond acceptors (Lipinski definition) is 3. The number of benzene rings is 1. The first-order chi connectivity index (χ1) is 11.8. The van der Waals surface area contributed by atoms with E-state index in [0.29, 0.717) is 24.7 Å². The zero-order chi connectivity index (χ0) is 18.2. The largest absolute Gasteiger partial charge is 0.383 e. The lowest BCUT2D eigenvalue weighted by Gasteiger charge is -2.39. The number of rotatable bonds is 3. The van der Waals surface area contributed by atoms with Gasteiger partial charge in [-0.15, -0.1) is 0 Å². The van der Waals surface area contributed by atoms with Gasteiger partial charge in [0.05, 0.1) is 6.61 Å². The van der Waals surface area contributed by atoms with Gasteiger partial charge in [-0.3, -0.25) is 4.79 Å². The molecule has 0 aromatic heterocycles. The Morgan fingerprint density at radius 1 is 1.28 bits per heavy atom. The molecule has 3 rings (SSSR count). The highest BCUT2D eigenvalue weighted by Gasteiger charge is 2.44. The van der Waals surface area contributed by atoms with Crippen LogP contribution in [-0.2, 0) is 4.74 Å². The van der Waals surface area contributed by atoms with Gasteiger partial charge >= 0.3 is 0 Å². The lowest BCUT2D eigenvalue weighted by Crippen LogP contribution is -2.44. The van der Waals surface area contributed by atoms with Gasteiger partial charge in [-0.2, -0.15) is 0 Å². The average Bonchev–Trinajstić information content (AvgIpc) is 2.87. The van der Waals surface area contributed by atoms with Gasteiger partial charge in [0.2, 0.25) is 0 Å². The molecule has 2 fully saturated rings. The summed E-state index contributed by atoms with van der Waals surface area (Å²) in [7, 11) is 3.85. The van der Waals surface area contributed by atoms with E-state index in [1.165, 1.54) is 0 Å². The van der Waals surface area contributed by atoms with Crippen LogP contribution in [0.1, 0.15) is 35.2 Å². The molecule has 0 unspecified atom stereocenters. The maximum atomic E-state index is 13.5. The Morgan fingerprint density at radius 2 is 1.92 bits per heavy atom. The molecule has 1 spiro atoms. The Kier molecular flexibility index (Phi) is 5.11. The normalized spacial score (nSPS) is 23.4. The number of nitrogens with zero attached hydrogens (tertiary/aromatic N) is 2. The van der Waals surface area contributed by atoms with Gasteiger partial charge < -0.3 is 14.5 Å². The fourth-order valence-corrected chi connectivity index (χ4v) is 4.35. The number of likely N-dealkylation sites (tertiary alicyclic amines) is 2. The lowest BCUT2D eigenvalue weighted by molar-refractivity contribution is 0.0590. The maximum absolute atomic E-state index is 13.5. The average molecular weight is 352 g/mol. The summed E-state index contributed by atoms with van der Waals surface area (Å²) < 4.78 is 32.1. The Hall–Kier alpha value is -1.53. The molecule has 1 aromatic rings. The molecule has 1 amide bonds. The van der Waals surface area contributed by atoms with E-state index in [1.807, 2.05) is 0 Å². The van der Waals surface area contributed by atoms with Crippen molar-refractivity contribution >= 4 is 5.91 Å². The monoisotopic (exact) mass is 352 g/mol. The Balaban J connectivity index is 1.67. The molecule has 2 aliphatic rings. The number of methoxy groups -OCH3 is 1. The highest BCUT2D eigenvalue weighted by Crippen LogP contribution is 2.43. The number of carbonyl (C=O) groups excluding carboxylic acids is 1. The number of hydrogen-bond donors (Lipinski definition) is 0. The van der Waals surface area contributed by atoms with Crippen molar-refractivity contribution in [3.05, 3.63) is 34.9 Å². The standard InChI is InChI=1S/C19H26F2N2O2/c1-13-8-16(20)17(21)9-15(13)18(24)23-6-4-19(5-7-23)10-14(11-25-3)22(2)12-19/h8-9,14H,4-7,10-12H2,1-3H3/t14-/m1/s1. The van der Waals surface area contributed by atoms with Crippen LogP contribution in [0.3, 0.4) is 0 Å². The van der Waals surface area contributed by atoms with Crippen LogP contribution in [0.2, 0.25) is 0 Å². The minimum atomic E-state index is -0.970. The summed E-state index contributed by atoms with van der Waals surface area (Å²) >= 11 is 0. The van der Waals surface area contributed by atoms with Gasteiger partial charge in [-0.25, -0.2) is 8.78 Å². The van der Waals surface area contributed by atoms with Crippen molar-refractivity contribution in [1.29, 1.82) is 0 Å². The summed E-state index contributed by atoms with van der Waals surface area (Å²) in [5.41, 5.74) is 0.971. The molecule has 0 N–H and O–H groups in total. The highest BCUT2D eigenvalue weighted by atomic mass is 19.2. The molecule has 4 nitrogen and oxygen atoms in total. The predicted molar refractivity (Wildman–Crippen MR) is 91.6 cm³/mol. The van der Waals surface area contributed by atoms with Crippen molar-refractivity contribution in [2.24, 2.45) is 5.41 Å². The van der Waals surface area contributed by atoms with Crippen molar-refractivity contribution in [2.75, 3.05) is 40.4 Å². The molecular weight excluding hydrogens is 326 g/mol. The van der Waals surface area contributed by atoms with E-state index in [0.717, 1.165) is 44.5 Å². The van der Waals surface area contributed by atoms with Crippen LogP contribution >= 0.6 is 0 Å². The molecule has 1 aromatic carbocycles. The summed E-state index contributed by atoms with van der Waals surface area (Å²) in [6.07, 6.45) is 2.96. The van der Waals surface area contributed by atoms with E-state index < -0.39 is 11.6 Å². The lowest BCUT2D eigenvalue weighted by atomic mass is 9.76. The summed E-state index contributed by atoms with van der Waals surface area (Å²) in [5.74, 6) is -2.09. The van der Waals surface area contributed by atoms with E-state index in [1.54, 1.807) is 18.9 Å². The SMILES string of the molecule is COC[C@H]1CC2(CCN(C(=O)c3cc(F)c(F)cc3C)CC2)CN1C. The van der Waals surface area contributed by atoms with E-state index >= 15 is 0 Å². The van der Waals surface area contributed by atoms with Crippen molar-refractivity contribution in [1.82, 2.24) is 9.80 Å². The molecule has 25 heavy (non-hydrogen) atoms. The number of piperidine rings is 1. The third kappa shape index (κ3) is 3.55. The van der Waals surface area contributed by atoms with Gasteiger partial charge in [0.1, 0.15) is 0 Å². The topological polar surface area (TPSA) is 32.8 Å². The van der Waals surface area contributed by atoms with E-state index in [2.05, 4.69) is 11.9 Å². The number of ether oxygens (including phenoxy) is 1. The molecular formula is C19H26F2N2O2. The molecule has 0 aliphatic carbocycles. The van der Waals surface area contributed by atoms with Crippen molar-refractivity contribution in [3.8, 4) is 0 Å². The van der Waals surface area contributed by atoms with Crippen LogP contribution in [0.4, 0.5) is 8.78 Å². The molecule has 138 valence electrons. The number of carbonyl (C=O) groups is 1. The first-order valence-electron chi connectivity index (χ1n) is 8.79. The molecule has 2 aliphatic heterocycles. The van der Waals surface area contributed by atoms with Crippen LogP contribution in [0.5, 0.6) is 0 Å². The minimum Gasteiger partial charge on any atom is -0.383 e. The highest BCUT2D eigenvalue weighted by molar-refractivity contribution is 5.95. The molecule has 6 heteroatoms. The van der Waals surface area contributed by atoms with Gasteiger partial charge in [0, 0.05) is 38.3 Å². The third-order valence-corrected chi connectivity index (χ3v) is 5.84. The molecule has 2 saturated heterocycles. The minimum absolute atomic E-state index is 0.203. The van der Waals surface area contributed by atoms with Crippen LogP contribution in [-0.4, -0.2) is 62.1 Å². The summed E-state index contributed by atoms with van der Waals surface area (Å²) in [4.78, 5) is 16.8. The van der Waals surface area contributed by atoms with Gasteiger partial charge in [-0.1, -0.05) is 0 Å². The third-order valence-electron chi connectivity index (χ3n) is 5.84. The molecule has 1 atom stereocenters. The number of amides is 1. The molecule has 2 heterocycles. The summed E-state index contributed by atoms with van der Waals surface area (Å²) in [5, 5.41) is 0. The second-order valence-corrected chi connectivity index (χ2v) is 7.60. The predicted octanol–water partition coefficient (Wildman–Crippen LogP) is 2.85. The second kappa shape index (κ2) is 7.00. The molecule has 0 bridgehead atoms. The van der Waals surface area contributed by atoms with Crippen molar-refractivity contribution in [3.63, 3.8) is 0 Å². The van der Waals surface area contributed by atoms with Crippen LogP contribution < -0.4 is 0 Å². The Labute approximate surface area is 147 Å². The summed E-state index contributed by atoms with van der Waals surface area (Å²) in [6, 6.07) is 2.55. The van der Waals surface area contributed by atoms with Crippen molar-refractivity contribution < 1.29 is 18.3 Å². The van der Waals surface area contributed by atoms with Gasteiger partial charge in [0.15, 0.2) is 11.6 Å². The van der Waals surface area contributed by atoms with Crippen LogP contribution in [0.25, 0.3) is 0 Å². The van der Waals surface area contributed by atoms with Gasteiger partial charge in [0.25, 0.3) is 5.91 Å². The van der Waals surface area contributed by atoms with E-state index in [9.17, 15) is 13.6 Å². The Bertz CT molecular complexity index is 657. The van der Waals surface area contributed by atoms with Crippen LogP contribution in [0.15, 0.2) is 12.1 Å². The Morgan fingerprint density at radius 3 is 2.56 bits per heavy atom. The first kappa shape index (κ1) is 18.3. The number of halogens is 2. The van der Waals surface area contributed by atoms with Gasteiger partial charge in [-0.05, 0) is 56.3 Å². The zero-order valence-electron chi connectivity index (χ0n) is 15.1. The molecule has 0 saturated carbocycles. The smallest absolute Gasteiger partial charge is 0.254 e. The van der Waals surface area contributed by atoms with E-state index in [-0.39, 0.29) is 16.9 Å². The maximum Gasteiger partial charge on any atom is 0.254 e. The quantitative estimate of drug-likeness (QED) is 0.839. The first-order valence-corrected chi connectivity index (χ1v) is 8.79. The van der Waals surface area contributed by atoms with Crippen LogP contribution in [0, 0.1) is 24.0 Å². The zero-order valence-corrected chi connectivity index (χ0v) is 15.1. The molecule has 0 radical (unpaired) electrons. The van der Waals surface area contributed by atoms with Crippen molar-refractivity contribution in [2.45, 2.75) is 32.2 Å². The fraction of sp³-hybridized carbons (Fsp3) is 0.632.